The summed E-state index contributed by atoms with van der Waals surface area (Å²) in [6.07, 6.45) is 2.16. The monoisotopic (exact) mass is 266 g/mol. The zero-order valence-electron chi connectivity index (χ0n) is 10.4. The third-order valence-corrected chi connectivity index (χ3v) is 3.35. The van der Waals surface area contributed by atoms with Crippen LogP contribution in [-0.4, -0.2) is 25.3 Å². The van der Waals surface area contributed by atoms with Crippen molar-refractivity contribution in [1.29, 1.82) is 0 Å². The van der Waals surface area contributed by atoms with Gasteiger partial charge in [0.2, 0.25) is 0 Å². The summed E-state index contributed by atoms with van der Waals surface area (Å²) < 4.78 is 0. The minimum absolute atomic E-state index is 0.359. The van der Waals surface area contributed by atoms with Gasteiger partial charge in [0.1, 0.15) is 0 Å². The molecule has 0 bridgehead atoms. The number of ketones is 1. The van der Waals surface area contributed by atoms with E-state index < -0.39 is 11.7 Å². The largest absolute Gasteiger partial charge is 0.373 e. The molecule has 5 heteroatoms. The Balaban J connectivity index is 2.32. The van der Waals surface area contributed by atoms with Gasteiger partial charge in [-0.15, -0.1) is 0 Å². The Hall–Kier alpha value is -1.55. The lowest BCUT2D eigenvalue weighted by Crippen LogP contribution is -2.18. The number of anilines is 2. The maximum absolute atomic E-state index is 11.5. The summed E-state index contributed by atoms with van der Waals surface area (Å²) in [5, 5.41) is 3.05. The fourth-order valence-corrected chi connectivity index (χ4v) is 2.27. The number of nitrogens with zero attached hydrogens (tertiary/aromatic N) is 1. The number of nitrogens with one attached hydrogen (secondary N) is 1. The van der Waals surface area contributed by atoms with Crippen molar-refractivity contribution >= 4 is 34.7 Å². The summed E-state index contributed by atoms with van der Waals surface area (Å²) in [7, 11) is 1.95. The van der Waals surface area contributed by atoms with Gasteiger partial charge in [0, 0.05) is 13.6 Å². The SMILES string of the molecule is CCCCN(C)c1cc2c(cc1Cl)C(=O)C(=O)N2. The zero-order valence-corrected chi connectivity index (χ0v) is 11.2. The normalized spacial score (nSPS) is 13.5. The van der Waals surface area contributed by atoms with Crippen LogP contribution in [0, 0.1) is 0 Å². The van der Waals surface area contributed by atoms with E-state index in [0.29, 0.717) is 16.3 Å². The predicted octanol–water partition coefficient (Wildman–Crippen LogP) is 2.71. The maximum atomic E-state index is 11.5. The molecule has 0 spiro atoms. The molecular formula is C13H15ClN2O2. The van der Waals surface area contributed by atoms with Gasteiger partial charge in [0.15, 0.2) is 0 Å². The molecule has 2 rings (SSSR count). The molecule has 0 fully saturated rings. The van der Waals surface area contributed by atoms with Crippen LogP contribution < -0.4 is 10.2 Å². The molecular weight excluding hydrogens is 252 g/mol. The van der Waals surface area contributed by atoms with Crippen LogP contribution in [0.2, 0.25) is 5.02 Å². The molecule has 0 saturated heterocycles. The standard InChI is InChI=1S/C13H15ClN2O2/c1-3-4-5-16(2)11-7-10-8(6-9(11)14)12(17)13(18)15-10/h6-7H,3-5H2,1-2H3,(H,15,17,18). The topological polar surface area (TPSA) is 49.4 Å². The van der Waals surface area contributed by atoms with E-state index in [1.807, 2.05) is 11.9 Å². The van der Waals surface area contributed by atoms with Crippen LogP contribution in [0.15, 0.2) is 12.1 Å². The van der Waals surface area contributed by atoms with Crippen molar-refractivity contribution in [3.05, 3.63) is 22.7 Å². The highest BCUT2D eigenvalue weighted by Crippen LogP contribution is 2.34. The smallest absolute Gasteiger partial charge is 0.296 e. The van der Waals surface area contributed by atoms with Crippen LogP contribution in [0.3, 0.4) is 0 Å². The molecule has 0 atom stereocenters. The molecule has 0 aliphatic carbocycles. The lowest BCUT2D eigenvalue weighted by Gasteiger charge is -2.21. The first kappa shape index (κ1) is 12.9. The Bertz CT molecular complexity index is 514. The molecule has 1 aromatic rings. The van der Waals surface area contributed by atoms with E-state index in [-0.39, 0.29) is 0 Å². The molecule has 96 valence electrons. The number of unbranched alkanes of at least 4 members (excludes halogenated alkanes) is 1. The average Bonchev–Trinajstić information content (AvgIpc) is 2.62. The summed E-state index contributed by atoms with van der Waals surface area (Å²) in [4.78, 5) is 24.8. The van der Waals surface area contributed by atoms with E-state index in [2.05, 4.69) is 12.2 Å². The number of amides is 1. The number of benzene rings is 1. The van der Waals surface area contributed by atoms with Crippen molar-refractivity contribution in [3.8, 4) is 0 Å². The average molecular weight is 267 g/mol. The molecule has 0 radical (unpaired) electrons. The second kappa shape index (κ2) is 4.98. The van der Waals surface area contributed by atoms with Crippen molar-refractivity contribution in [3.63, 3.8) is 0 Å². The van der Waals surface area contributed by atoms with Gasteiger partial charge in [-0.1, -0.05) is 24.9 Å². The number of halogens is 1. The van der Waals surface area contributed by atoms with E-state index in [4.69, 9.17) is 11.6 Å². The molecule has 1 aliphatic heterocycles. The molecule has 0 unspecified atom stereocenters. The zero-order chi connectivity index (χ0) is 13.3. The van der Waals surface area contributed by atoms with Crippen LogP contribution in [-0.2, 0) is 4.79 Å². The second-order valence-corrected chi connectivity index (χ2v) is 4.81. The molecule has 1 aliphatic rings. The first-order chi connectivity index (χ1) is 8.54. The van der Waals surface area contributed by atoms with E-state index in [1.54, 1.807) is 12.1 Å². The van der Waals surface area contributed by atoms with Crippen LogP contribution >= 0.6 is 11.6 Å². The Labute approximate surface area is 111 Å². The quantitative estimate of drug-likeness (QED) is 0.853. The third kappa shape index (κ3) is 2.20. The Morgan fingerprint density at radius 3 is 2.72 bits per heavy atom. The van der Waals surface area contributed by atoms with Crippen molar-refractivity contribution in [2.45, 2.75) is 19.8 Å². The van der Waals surface area contributed by atoms with Gasteiger partial charge in [-0.05, 0) is 18.6 Å². The molecule has 18 heavy (non-hydrogen) atoms. The first-order valence-electron chi connectivity index (χ1n) is 5.95. The minimum Gasteiger partial charge on any atom is -0.373 e. The summed E-state index contributed by atoms with van der Waals surface area (Å²) in [6, 6.07) is 3.32. The Morgan fingerprint density at radius 1 is 1.33 bits per heavy atom. The van der Waals surface area contributed by atoms with Crippen molar-refractivity contribution < 1.29 is 9.59 Å². The van der Waals surface area contributed by atoms with Gasteiger partial charge < -0.3 is 10.2 Å². The first-order valence-corrected chi connectivity index (χ1v) is 6.32. The van der Waals surface area contributed by atoms with Crippen LogP contribution in [0.25, 0.3) is 0 Å². The minimum atomic E-state index is -0.588. The van der Waals surface area contributed by atoms with Gasteiger partial charge in [-0.25, -0.2) is 0 Å². The molecule has 4 nitrogen and oxygen atoms in total. The molecule has 1 N–H and O–H groups in total. The molecule has 1 heterocycles. The highest BCUT2D eigenvalue weighted by Gasteiger charge is 2.29. The van der Waals surface area contributed by atoms with Crippen molar-refractivity contribution in [2.75, 3.05) is 23.8 Å². The summed E-state index contributed by atoms with van der Waals surface area (Å²) in [5.41, 5.74) is 1.74. The Morgan fingerprint density at radius 2 is 2.06 bits per heavy atom. The molecule has 1 aromatic carbocycles. The lowest BCUT2D eigenvalue weighted by atomic mass is 10.1. The number of hydrogen-bond donors (Lipinski definition) is 1. The highest BCUT2D eigenvalue weighted by atomic mass is 35.5. The third-order valence-electron chi connectivity index (χ3n) is 3.04. The number of Topliss-reactive ketones (excluding diaryl/α,β-unsaturated/α-hetero) is 1. The predicted molar refractivity (Wildman–Crippen MR) is 72.6 cm³/mol. The fourth-order valence-electron chi connectivity index (χ4n) is 1.96. The molecule has 1 amide bonds. The number of carbonyl (C=O) groups excluding carboxylic acids is 2. The second-order valence-electron chi connectivity index (χ2n) is 4.41. The van der Waals surface area contributed by atoms with E-state index in [1.165, 1.54) is 0 Å². The van der Waals surface area contributed by atoms with Gasteiger partial charge in [0.25, 0.3) is 11.7 Å². The van der Waals surface area contributed by atoms with E-state index in [9.17, 15) is 9.59 Å². The number of hydrogen-bond acceptors (Lipinski definition) is 3. The van der Waals surface area contributed by atoms with Crippen LogP contribution in [0.5, 0.6) is 0 Å². The number of carbonyl (C=O) groups is 2. The fraction of sp³-hybridized carbons (Fsp3) is 0.385. The van der Waals surface area contributed by atoms with E-state index in [0.717, 1.165) is 25.1 Å². The Kier molecular flexibility index (Phi) is 3.57. The van der Waals surface area contributed by atoms with Crippen molar-refractivity contribution in [1.82, 2.24) is 0 Å². The van der Waals surface area contributed by atoms with Crippen molar-refractivity contribution in [2.24, 2.45) is 0 Å². The summed E-state index contributed by atoms with van der Waals surface area (Å²) in [6.45, 7) is 3.01. The highest BCUT2D eigenvalue weighted by molar-refractivity contribution is 6.52. The van der Waals surface area contributed by atoms with E-state index >= 15 is 0 Å². The number of fused-ring (bicyclic) bond motifs is 1. The summed E-state index contributed by atoms with van der Waals surface area (Å²) in [5.74, 6) is -1.11. The van der Waals surface area contributed by atoms with Crippen LogP contribution in [0.4, 0.5) is 11.4 Å². The lowest BCUT2D eigenvalue weighted by molar-refractivity contribution is -0.112. The molecule has 0 aromatic heterocycles. The maximum Gasteiger partial charge on any atom is 0.296 e. The van der Waals surface area contributed by atoms with Gasteiger partial charge in [-0.3, -0.25) is 9.59 Å². The molecule has 0 saturated carbocycles. The van der Waals surface area contributed by atoms with Gasteiger partial charge in [-0.2, -0.15) is 0 Å². The van der Waals surface area contributed by atoms with Gasteiger partial charge >= 0.3 is 0 Å². The van der Waals surface area contributed by atoms with Crippen LogP contribution in [0.1, 0.15) is 30.1 Å². The number of rotatable bonds is 4. The van der Waals surface area contributed by atoms with Gasteiger partial charge in [0.05, 0.1) is 22.0 Å². The summed E-state index contributed by atoms with van der Waals surface area (Å²) >= 11 is 6.16.